The highest BCUT2D eigenvalue weighted by atomic mass is 16.5. The van der Waals surface area contributed by atoms with Gasteiger partial charge < -0.3 is 15.4 Å². The molecular formula is C13H24N2O2. The number of nitrogens with zero attached hydrogens (tertiary/aromatic N) is 1. The van der Waals surface area contributed by atoms with E-state index in [0.717, 1.165) is 45.3 Å². The lowest BCUT2D eigenvalue weighted by Crippen LogP contribution is -2.53. The zero-order chi connectivity index (χ0) is 12.3. The van der Waals surface area contributed by atoms with Crippen LogP contribution in [0.25, 0.3) is 0 Å². The van der Waals surface area contributed by atoms with Crippen molar-refractivity contribution in [1.82, 2.24) is 4.90 Å². The summed E-state index contributed by atoms with van der Waals surface area (Å²) in [6.45, 7) is 4.10. The molecule has 17 heavy (non-hydrogen) atoms. The van der Waals surface area contributed by atoms with E-state index in [-0.39, 0.29) is 5.91 Å². The number of rotatable bonds is 5. The Balaban J connectivity index is 2.00. The first-order valence-corrected chi connectivity index (χ1v) is 6.82. The molecule has 0 spiro atoms. The van der Waals surface area contributed by atoms with E-state index < -0.39 is 5.60 Å². The summed E-state index contributed by atoms with van der Waals surface area (Å²) in [4.78, 5) is 14.6. The summed E-state index contributed by atoms with van der Waals surface area (Å²) >= 11 is 0. The normalized spacial score (nSPS) is 29.1. The number of hydrogen-bond acceptors (Lipinski definition) is 3. The molecule has 4 nitrogen and oxygen atoms in total. The predicted molar refractivity (Wildman–Crippen MR) is 66.6 cm³/mol. The topological polar surface area (TPSA) is 55.6 Å². The van der Waals surface area contributed by atoms with E-state index >= 15 is 0 Å². The van der Waals surface area contributed by atoms with Gasteiger partial charge in [0.05, 0.1) is 0 Å². The number of carbonyl (C=O) groups is 1. The molecule has 1 amide bonds. The van der Waals surface area contributed by atoms with Crippen LogP contribution < -0.4 is 5.73 Å². The third-order valence-electron chi connectivity index (χ3n) is 4.05. The van der Waals surface area contributed by atoms with Gasteiger partial charge in [0.1, 0.15) is 5.60 Å². The molecule has 0 aromatic rings. The zero-order valence-corrected chi connectivity index (χ0v) is 10.8. The maximum atomic E-state index is 12.6. The van der Waals surface area contributed by atoms with E-state index in [4.69, 9.17) is 10.5 Å². The van der Waals surface area contributed by atoms with Crippen molar-refractivity contribution in [1.29, 1.82) is 0 Å². The molecule has 2 N–H and O–H groups in total. The third-order valence-corrected chi connectivity index (χ3v) is 4.05. The third kappa shape index (κ3) is 2.63. The largest absolute Gasteiger partial charge is 0.365 e. The molecule has 1 aliphatic heterocycles. The van der Waals surface area contributed by atoms with Gasteiger partial charge in [-0.05, 0) is 52.0 Å². The van der Waals surface area contributed by atoms with Gasteiger partial charge in [-0.15, -0.1) is 0 Å². The van der Waals surface area contributed by atoms with Gasteiger partial charge in [0.2, 0.25) is 0 Å². The quantitative estimate of drug-likeness (QED) is 0.787. The first-order valence-electron chi connectivity index (χ1n) is 6.82. The Bertz CT molecular complexity index is 271. The standard InChI is InChI=1S/C13H24N2O2/c1-13(7-3-10-17-13)12(16)15(9-4-8-14)11-5-2-6-11/h11H,2-10,14H2,1H3. The van der Waals surface area contributed by atoms with Crippen molar-refractivity contribution in [2.24, 2.45) is 5.73 Å². The van der Waals surface area contributed by atoms with Crippen LogP contribution in [0.4, 0.5) is 0 Å². The summed E-state index contributed by atoms with van der Waals surface area (Å²) in [5.74, 6) is 0.188. The molecule has 0 aromatic carbocycles. The van der Waals surface area contributed by atoms with E-state index in [1.165, 1.54) is 6.42 Å². The lowest BCUT2D eigenvalue weighted by Gasteiger charge is -2.41. The lowest BCUT2D eigenvalue weighted by atomic mass is 9.89. The molecule has 98 valence electrons. The summed E-state index contributed by atoms with van der Waals surface area (Å²) in [5, 5.41) is 0. The molecule has 2 aliphatic rings. The minimum absolute atomic E-state index is 0.188. The highest BCUT2D eigenvalue weighted by Gasteiger charge is 2.43. The van der Waals surface area contributed by atoms with Crippen molar-refractivity contribution in [3.8, 4) is 0 Å². The summed E-state index contributed by atoms with van der Waals surface area (Å²) in [6.07, 6.45) is 6.28. The smallest absolute Gasteiger partial charge is 0.254 e. The molecule has 1 aliphatic carbocycles. The van der Waals surface area contributed by atoms with Gasteiger partial charge in [0, 0.05) is 19.2 Å². The summed E-state index contributed by atoms with van der Waals surface area (Å²) in [6, 6.07) is 0.440. The molecule has 2 rings (SSSR count). The van der Waals surface area contributed by atoms with Crippen LogP contribution in [-0.4, -0.2) is 42.1 Å². The highest BCUT2D eigenvalue weighted by Crippen LogP contribution is 2.32. The Hall–Kier alpha value is -0.610. The minimum atomic E-state index is -0.565. The highest BCUT2D eigenvalue weighted by molar-refractivity contribution is 5.85. The van der Waals surface area contributed by atoms with Crippen LogP contribution in [0, 0.1) is 0 Å². The van der Waals surface area contributed by atoms with Crippen LogP contribution in [-0.2, 0) is 9.53 Å². The predicted octanol–water partition coefficient (Wildman–Crippen LogP) is 1.29. The molecule has 2 fully saturated rings. The maximum Gasteiger partial charge on any atom is 0.254 e. The fourth-order valence-electron chi connectivity index (χ4n) is 2.66. The van der Waals surface area contributed by atoms with Gasteiger partial charge in [0.15, 0.2) is 0 Å². The van der Waals surface area contributed by atoms with Crippen LogP contribution in [0.3, 0.4) is 0 Å². The number of amides is 1. The van der Waals surface area contributed by atoms with Crippen LogP contribution in [0.5, 0.6) is 0 Å². The van der Waals surface area contributed by atoms with Gasteiger partial charge in [0.25, 0.3) is 5.91 Å². The molecule has 0 bridgehead atoms. The van der Waals surface area contributed by atoms with E-state index in [1.807, 2.05) is 11.8 Å². The second-order valence-corrected chi connectivity index (χ2v) is 5.41. The van der Waals surface area contributed by atoms with Crippen molar-refractivity contribution in [2.45, 2.75) is 57.1 Å². The van der Waals surface area contributed by atoms with Gasteiger partial charge >= 0.3 is 0 Å². The van der Waals surface area contributed by atoms with Gasteiger partial charge in [-0.25, -0.2) is 0 Å². The summed E-state index contributed by atoms with van der Waals surface area (Å²) in [7, 11) is 0. The van der Waals surface area contributed by atoms with E-state index in [2.05, 4.69) is 0 Å². The maximum absolute atomic E-state index is 12.6. The molecule has 1 saturated carbocycles. The van der Waals surface area contributed by atoms with Gasteiger partial charge in [-0.1, -0.05) is 0 Å². The molecule has 4 heteroatoms. The van der Waals surface area contributed by atoms with E-state index in [9.17, 15) is 4.79 Å². The summed E-state index contributed by atoms with van der Waals surface area (Å²) in [5.41, 5.74) is 4.99. The Morgan fingerprint density at radius 3 is 2.71 bits per heavy atom. The van der Waals surface area contributed by atoms with Crippen molar-refractivity contribution in [3.05, 3.63) is 0 Å². The van der Waals surface area contributed by atoms with Crippen LogP contribution in [0.1, 0.15) is 45.4 Å². The van der Waals surface area contributed by atoms with Crippen LogP contribution >= 0.6 is 0 Å². The van der Waals surface area contributed by atoms with Crippen LogP contribution in [0.15, 0.2) is 0 Å². The Morgan fingerprint density at radius 2 is 2.24 bits per heavy atom. The second-order valence-electron chi connectivity index (χ2n) is 5.41. The van der Waals surface area contributed by atoms with Crippen LogP contribution in [0.2, 0.25) is 0 Å². The van der Waals surface area contributed by atoms with Gasteiger partial charge in [-0.3, -0.25) is 4.79 Å². The number of hydrogen-bond donors (Lipinski definition) is 1. The fourth-order valence-corrected chi connectivity index (χ4v) is 2.66. The average Bonchev–Trinajstić information content (AvgIpc) is 2.69. The van der Waals surface area contributed by atoms with Crippen molar-refractivity contribution >= 4 is 5.91 Å². The van der Waals surface area contributed by atoms with Crippen molar-refractivity contribution in [3.63, 3.8) is 0 Å². The zero-order valence-electron chi connectivity index (χ0n) is 10.8. The first kappa shape index (κ1) is 12.8. The van der Waals surface area contributed by atoms with E-state index in [1.54, 1.807) is 0 Å². The number of ether oxygens (including phenoxy) is 1. The molecule has 1 unspecified atom stereocenters. The molecule has 0 radical (unpaired) electrons. The van der Waals surface area contributed by atoms with Gasteiger partial charge in [-0.2, -0.15) is 0 Å². The average molecular weight is 240 g/mol. The molecular weight excluding hydrogens is 216 g/mol. The van der Waals surface area contributed by atoms with E-state index in [0.29, 0.717) is 12.6 Å². The number of nitrogens with two attached hydrogens (primary N) is 1. The Morgan fingerprint density at radius 1 is 1.47 bits per heavy atom. The number of carbonyl (C=O) groups excluding carboxylic acids is 1. The second kappa shape index (κ2) is 5.36. The lowest BCUT2D eigenvalue weighted by molar-refractivity contribution is -0.155. The summed E-state index contributed by atoms with van der Waals surface area (Å²) < 4.78 is 5.66. The Labute approximate surface area is 103 Å². The monoisotopic (exact) mass is 240 g/mol. The molecule has 0 aromatic heterocycles. The Kier molecular flexibility index (Phi) is 4.05. The molecule has 1 atom stereocenters. The molecule has 1 saturated heterocycles. The van der Waals surface area contributed by atoms with Crippen molar-refractivity contribution in [2.75, 3.05) is 19.7 Å². The fraction of sp³-hybridized carbons (Fsp3) is 0.923. The SMILES string of the molecule is CC1(C(=O)N(CCCN)C2CCC2)CCCO1. The minimum Gasteiger partial charge on any atom is -0.365 e. The van der Waals surface area contributed by atoms with Crippen molar-refractivity contribution < 1.29 is 9.53 Å². The molecule has 1 heterocycles. The first-order chi connectivity index (χ1) is 8.17.